The van der Waals surface area contributed by atoms with E-state index in [1.54, 1.807) is 0 Å². The molecule has 0 aromatic heterocycles. The topological polar surface area (TPSA) is 44.8 Å². The van der Waals surface area contributed by atoms with Crippen LogP contribution in [0, 0.1) is 5.92 Å². The minimum absolute atomic E-state index is 0. The highest BCUT2D eigenvalue weighted by Crippen LogP contribution is 2.25. The number of piperidine rings is 1. The SMILES string of the molecule is C[C@H]1C[C@@H](C(=O)N2CCCC2CN2CCOCC2)CCN1.Cl. The van der Waals surface area contributed by atoms with Crippen molar-refractivity contribution in [3.05, 3.63) is 0 Å². The van der Waals surface area contributed by atoms with Crippen molar-refractivity contribution in [1.29, 1.82) is 0 Å². The number of rotatable bonds is 3. The van der Waals surface area contributed by atoms with Crippen LogP contribution in [0.3, 0.4) is 0 Å². The predicted molar refractivity (Wildman–Crippen MR) is 89.4 cm³/mol. The molecule has 3 heterocycles. The highest BCUT2D eigenvalue weighted by Gasteiger charge is 2.35. The van der Waals surface area contributed by atoms with Gasteiger partial charge < -0.3 is 15.0 Å². The highest BCUT2D eigenvalue weighted by molar-refractivity contribution is 5.85. The fourth-order valence-electron chi connectivity index (χ4n) is 3.99. The molecule has 0 aromatic carbocycles. The lowest BCUT2D eigenvalue weighted by Gasteiger charge is -2.36. The number of ether oxygens (including phenoxy) is 1. The van der Waals surface area contributed by atoms with Gasteiger partial charge in [0.15, 0.2) is 0 Å². The summed E-state index contributed by atoms with van der Waals surface area (Å²) >= 11 is 0. The van der Waals surface area contributed by atoms with Crippen LogP contribution in [0.5, 0.6) is 0 Å². The number of nitrogens with one attached hydrogen (secondary N) is 1. The summed E-state index contributed by atoms with van der Waals surface area (Å²) in [4.78, 5) is 17.5. The molecule has 6 heteroatoms. The van der Waals surface area contributed by atoms with Gasteiger partial charge in [-0.2, -0.15) is 0 Å². The van der Waals surface area contributed by atoms with E-state index in [-0.39, 0.29) is 18.3 Å². The van der Waals surface area contributed by atoms with Gasteiger partial charge in [-0.1, -0.05) is 0 Å². The molecule has 22 heavy (non-hydrogen) atoms. The number of amides is 1. The molecule has 3 aliphatic rings. The van der Waals surface area contributed by atoms with E-state index in [4.69, 9.17) is 4.74 Å². The quantitative estimate of drug-likeness (QED) is 0.842. The molecule has 3 aliphatic heterocycles. The Morgan fingerprint density at radius 2 is 2.00 bits per heavy atom. The Morgan fingerprint density at radius 3 is 2.73 bits per heavy atom. The predicted octanol–water partition coefficient (Wildman–Crippen LogP) is 1.12. The fourth-order valence-corrected chi connectivity index (χ4v) is 3.99. The van der Waals surface area contributed by atoms with E-state index < -0.39 is 0 Å². The molecular weight excluding hydrogens is 302 g/mol. The minimum atomic E-state index is 0. The van der Waals surface area contributed by atoms with Crippen molar-refractivity contribution < 1.29 is 9.53 Å². The van der Waals surface area contributed by atoms with Crippen molar-refractivity contribution in [2.75, 3.05) is 45.9 Å². The average molecular weight is 332 g/mol. The number of hydrogen-bond acceptors (Lipinski definition) is 4. The molecule has 0 aromatic rings. The zero-order valence-corrected chi connectivity index (χ0v) is 14.4. The van der Waals surface area contributed by atoms with Gasteiger partial charge >= 0.3 is 0 Å². The number of nitrogens with zero attached hydrogens (tertiary/aromatic N) is 2. The summed E-state index contributed by atoms with van der Waals surface area (Å²) in [6.07, 6.45) is 4.34. The second-order valence-corrected chi connectivity index (χ2v) is 6.82. The van der Waals surface area contributed by atoms with E-state index in [1.165, 1.54) is 12.8 Å². The van der Waals surface area contributed by atoms with Crippen LogP contribution in [-0.4, -0.2) is 73.7 Å². The second-order valence-electron chi connectivity index (χ2n) is 6.82. The Morgan fingerprint density at radius 1 is 1.23 bits per heavy atom. The van der Waals surface area contributed by atoms with Crippen molar-refractivity contribution in [3.63, 3.8) is 0 Å². The van der Waals surface area contributed by atoms with Gasteiger partial charge in [0.2, 0.25) is 5.91 Å². The van der Waals surface area contributed by atoms with Gasteiger partial charge in [0, 0.05) is 44.2 Å². The Hall–Kier alpha value is -0.360. The molecule has 3 saturated heterocycles. The molecule has 0 aliphatic carbocycles. The third-order valence-corrected chi connectivity index (χ3v) is 5.21. The van der Waals surface area contributed by atoms with E-state index in [9.17, 15) is 4.79 Å². The van der Waals surface area contributed by atoms with Gasteiger partial charge in [0.05, 0.1) is 13.2 Å². The summed E-state index contributed by atoms with van der Waals surface area (Å²) in [5.74, 6) is 0.658. The first-order chi connectivity index (χ1) is 10.2. The lowest BCUT2D eigenvalue weighted by atomic mass is 9.91. The molecule has 0 spiro atoms. The van der Waals surface area contributed by atoms with Crippen LogP contribution in [0.15, 0.2) is 0 Å². The first-order valence-corrected chi connectivity index (χ1v) is 8.58. The van der Waals surface area contributed by atoms with E-state index in [0.29, 0.717) is 18.0 Å². The zero-order valence-electron chi connectivity index (χ0n) is 13.6. The summed E-state index contributed by atoms with van der Waals surface area (Å²) in [5, 5.41) is 3.44. The number of carbonyl (C=O) groups excluding carboxylic acids is 1. The summed E-state index contributed by atoms with van der Waals surface area (Å²) in [6, 6.07) is 0.911. The Kier molecular flexibility index (Phi) is 6.93. The maximum absolute atomic E-state index is 12.9. The molecule has 1 N–H and O–H groups in total. The zero-order chi connectivity index (χ0) is 14.7. The third-order valence-electron chi connectivity index (χ3n) is 5.21. The maximum Gasteiger partial charge on any atom is 0.226 e. The van der Waals surface area contributed by atoms with Crippen molar-refractivity contribution in [1.82, 2.24) is 15.1 Å². The van der Waals surface area contributed by atoms with Crippen LogP contribution < -0.4 is 5.32 Å². The summed E-state index contributed by atoms with van der Waals surface area (Å²) in [6.45, 7) is 8.89. The van der Waals surface area contributed by atoms with Gasteiger partial charge in [0.1, 0.15) is 0 Å². The third kappa shape index (κ3) is 4.34. The number of carbonyl (C=O) groups is 1. The Balaban J connectivity index is 0.00000176. The molecule has 1 unspecified atom stereocenters. The van der Waals surface area contributed by atoms with Crippen LogP contribution in [-0.2, 0) is 9.53 Å². The van der Waals surface area contributed by atoms with Crippen LogP contribution in [0.4, 0.5) is 0 Å². The van der Waals surface area contributed by atoms with Crippen molar-refractivity contribution in [2.45, 2.75) is 44.7 Å². The maximum atomic E-state index is 12.9. The van der Waals surface area contributed by atoms with Crippen molar-refractivity contribution >= 4 is 18.3 Å². The van der Waals surface area contributed by atoms with Gasteiger partial charge in [-0.15, -0.1) is 12.4 Å². The standard InChI is InChI=1S/C16H29N3O2.ClH/c1-13-11-14(4-5-17-13)16(20)19-6-2-3-15(19)12-18-7-9-21-10-8-18;/h13-15,17H,2-12H2,1H3;1H/t13-,14-,15?;/m0./s1. The Labute approximate surface area is 140 Å². The smallest absolute Gasteiger partial charge is 0.226 e. The first kappa shape index (κ1) is 18.0. The van der Waals surface area contributed by atoms with E-state index >= 15 is 0 Å². The highest BCUT2D eigenvalue weighted by atomic mass is 35.5. The largest absolute Gasteiger partial charge is 0.379 e. The lowest BCUT2D eigenvalue weighted by molar-refractivity contribution is -0.138. The van der Waals surface area contributed by atoms with Crippen molar-refractivity contribution in [2.24, 2.45) is 5.92 Å². The van der Waals surface area contributed by atoms with Gasteiger partial charge in [0.25, 0.3) is 0 Å². The summed E-state index contributed by atoms with van der Waals surface area (Å²) in [7, 11) is 0. The molecule has 1 amide bonds. The number of morpholine rings is 1. The first-order valence-electron chi connectivity index (χ1n) is 8.58. The molecule has 128 valence electrons. The van der Waals surface area contributed by atoms with E-state index in [0.717, 1.165) is 58.8 Å². The number of halogens is 1. The normalized spacial score (nSPS) is 33.5. The molecule has 0 saturated carbocycles. The number of hydrogen-bond donors (Lipinski definition) is 1. The van der Waals surface area contributed by atoms with E-state index in [2.05, 4.69) is 22.0 Å². The summed E-state index contributed by atoms with van der Waals surface area (Å²) < 4.78 is 5.42. The van der Waals surface area contributed by atoms with Crippen molar-refractivity contribution in [3.8, 4) is 0 Å². The van der Waals surface area contributed by atoms with Gasteiger partial charge in [-0.3, -0.25) is 9.69 Å². The van der Waals surface area contributed by atoms with E-state index in [1.807, 2.05) is 0 Å². The second kappa shape index (κ2) is 8.48. The van der Waals surface area contributed by atoms with Crippen LogP contribution in [0.25, 0.3) is 0 Å². The lowest BCUT2D eigenvalue weighted by Crippen LogP contribution is -2.50. The fraction of sp³-hybridized carbons (Fsp3) is 0.938. The van der Waals surface area contributed by atoms with Gasteiger partial charge in [-0.25, -0.2) is 0 Å². The molecular formula is C16H30ClN3O2. The molecule has 3 atom stereocenters. The number of likely N-dealkylation sites (tertiary alicyclic amines) is 1. The van der Waals surface area contributed by atoms with Crippen LogP contribution >= 0.6 is 12.4 Å². The monoisotopic (exact) mass is 331 g/mol. The molecule has 0 radical (unpaired) electrons. The minimum Gasteiger partial charge on any atom is -0.379 e. The van der Waals surface area contributed by atoms with Crippen LogP contribution in [0.1, 0.15) is 32.6 Å². The molecule has 0 bridgehead atoms. The van der Waals surface area contributed by atoms with Crippen LogP contribution in [0.2, 0.25) is 0 Å². The summed E-state index contributed by atoms with van der Waals surface area (Å²) in [5.41, 5.74) is 0. The molecule has 5 nitrogen and oxygen atoms in total. The van der Waals surface area contributed by atoms with Gasteiger partial charge in [-0.05, 0) is 39.2 Å². The molecule has 3 rings (SSSR count). The Bertz CT molecular complexity index is 363. The average Bonchev–Trinajstić information content (AvgIpc) is 2.95. The molecule has 3 fully saturated rings.